The summed E-state index contributed by atoms with van der Waals surface area (Å²) < 4.78 is 5.37. The van der Waals surface area contributed by atoms with Gasteiger partial charge in [0.2, 0.25) is 0 Å². The Labute approximate surface area is 118 Å². The highest BCUT2D eigenvalue weighted by Gasteiger charge is 2.23. The Kier molecular flexibility index (Phi) is 5.27. The van der Waals surface area contributed by atoms with Gasteiger partial charge in [0.15, 0.2) is 0 Å². The number of nitrogens with one attached hydrogen (secondary N) is 1. The van der Waals surface area contributed by atoms with Gasteiger partial charge in [0.1, 0.15) is 0 Å². The monoisotopic (exact) mass is 288 g/mol. The maximum absolute atomic E-state index is 6.19. The zero-order chi connectivity index (χ0) is 13.0. The number of rotatable bonds is 4. The highest BCUT2D eigenvalue weighted by atomic mass is 35.5. The summed E-state index contributed by atoms with van der Waals surface area (Å²) in [5, 5.41) is 1.36. The number of nitrogens with two attached hydrogens (primary N) is 1. The molecule has 5 heteroatoms. The van der Waals surface area contributed by atoms with Crippen molar-refractivity contribution in [1.29, 1.82) is 0 Å². The normalized spacial score (nSPS) is 18.8. The average Bonchev–Trinajstić information content (AvgIpc) is 2.39. The number of hydrogen-bond acceptors (Lipinski definition) is 3. The molecule has 100 valence electrons. The van der Waals surface area contributed by atoms with Crippen LogP contribution in [0.25, 0.3) is 0 Å². The lowest BCUT2D eigenvalue weighted by molar-refractivity contribution is 0.0538. The summed E-state index contributed by atoms with van der Waals surface area (Å²) in [6.07, 6.45) is 2.90. The first kappa shape index (κ1) is 14.1. The zero-order valence-electron chi connectivity index (χ0n) is 10.2. The molecule has 1 aromatic carbocycles. The maximum atomic E-state index is 6.19. The number of hydrazine groups is 1. The fourth-order valence-corrected chi connectivity index (χ4v) is 2.89. The second kappa shape index (κ2) is 6.73. The Morgan fingerprint density at radius 2 is 2.06 bits per heavy atom. The topological polar surface area (TPSA) is 47.3 Å². The van der Waals surface area contributed by atoms with Crippen LogP contribution in [0.5, 0.6) is 0 Å². The van der Waals surface area contributed by atoms with Crippen molar-refractivity contribution in [3.05, 3.63) is 33.8 Å². The first-order chi connectivity index (χ1) is 8.70. The molecule has 3 nitrogen and oxygen atoms in total. The van der Waals surface area contributed by atoms with Crippen LogP contribution in [-0.2, 0) is 11.2 Å². The van der Waals surface area contributed by atoms with Crippen LogP contribution in [0, 0.1) is 5.92 Å². The maximum Gasteiger partial charge on any atom is 0.0469 e. The summed E-state index contributed by atoms with van der Waals surface area (Å²) in [5.74, 6) is 6.21. The van der Waals surface area contributed by atoms with Crippen LogP contribution in [0.4, 0.5) is 0 Å². The summed E-state index contributed by atoms with van der Waals surface area (Å²) in [6.45, 7) is 1.63. The standard InChI is InChI=1S/C13H18Cl2N2O/c14-11-2-1-10(12(15)8-11)7-13(17-16)9-3-5-18-6-4-9/h1-2,8-9,13,17H,3-7,16H2. The lowest BCUT2D eigenvalue weighted by atomic mass is 9.88. The van der Waals surface area contributed by atoms with Crippen molar-refractivity contribution in [3.63, 3.8) is 0 Å². The van der Waals surface area contributed by atoms with Gasteiger partial charge in [-0.25, -0.2) is 0 Å². The van der Waals surface area contributed by atoms with Gasteiger partial charge in [0.25, 0.3) is 0 Å². The van der Waals surface area contributed by atoms with Crippen LogP contribution >= 0.6 is 23.2 Å². The van der Waals surface area contributed by atoms with Gasteiger partial charge in [-0.05, 0) is 42.9 Å². The van der Waals surface area contributed by atoms with Gasteiger partial charge < -0.3 is 4.74 Å². The van der Waals surface area contributed by atoms with Gasteiger partial charge in [0, 0.05) is 29.3 Å². The molecule has 0 bridgehead atoms. The molecule has 0 amide bonds. The van der Waals surface area contributed by atoms with Crippen molar-refractivity contribution in [2.75, 3.05) is 13.2 Å². The average molecular weight is 289 g/mol. The summed E-state index contributed by atoms with van der Waals surface area (Å²) in [7, 11) is 0. The van der Waals surface area contributed by atoms with E-state index in [1.807, 2.05) is 12.1 Å². The molecule has 1 aromatic rings. The minimum absolute atomic E-state index is 0.229. The molecule has 0 aromatic heterocycles. The molecule has 0 radical (unpaired) electrons. The molecule has 2 rings (SSSR count). The van der Waals surface area contributed by atoms with Crippen molar-refractivity contribution in [1.82, 2.24) is 5.43 Å². The van der Waals surface area contributed by atoms with E-state index in [0.717, 1.165) is 38.0 Å². The predicted octanol–water partition coefficient (Wildman–Crippen LogP) is 2.79. The number of benzene rings is 1. The van der Waals surface area contributed by atoms with Crippen LogP contribution in [-0.4, -0.2) is 19.3 Å². The van der Waals surface area contributed by atoms with Crippen LogP contribution in [0.2, 0.25) is 10.0 Å². The lowest BCUT2D eigenvalue weighted by Gasteiger charge is -2.30. The number of halogens is 2. The molecule has 1 aliphatic heterocycles. The summed E-state index contributed by atoms with van der Waals surface area (Å²) >= 11 is 12.1. The van der Waals surface area contributed by atoms with Crippen molar-refractivity contribution in [2.45, 2.75) is 25.3 Å². The molecule has 1 unspecified atom stereocenters. The minimum Gasteiger partial charge on any atom is -0.381 e. The zero-order valence-corrected chi connectivity index (χ0v) is 11.7. The fraction of sp³-hybridized carbons (Fsp3) is 0.538. The van der Waals surface area contributed by atoms with E-state index in [-0.39, 0.29) is 6.04 Å². The number of ether oxygens (including phenoxy) is 1. The minimum atomic E-state index is 0.229. The van der Waals surface area contributed by atoms with Crippen molar-refractivity contribution >= 4 is 23.2 Å². The van der Waals surface area contributed by atoms with Gasteiger partial charge in [-0.3, -0.25) is 11.3 Å². The second-order valence-electron chi connectivity index (χ2n) is 4.66. The molecule has 0 spiro atoms. The molecule has 3 N–H and O–H groups in total. The van der Waals surface area contributed by atoms with Crippen LogP contribution < -0.4 is 11.3 Å². The molecule has 1 heterocycles. The van der Waals surface area contributed by atoms with Gasteiger partial charge in [-0.15, -0.1) is 0 Å². The van der Waals surface area contributed by atoms with Crippen molar-refractivity contribution in [2.24, 2.45) is 11.8 Å². The second-order valence-corrected chi connectivity index (χ2v) is 5.51. The smallest absolute Gasteiger partial charge is 0.0469 e. The Morgan fingerprint density at radius 3 is 2.67 bits per heavy atom. The largest absolute Gasteiger partial charge is 0.381 e. The highest BCUT2D eigenvalue weighted by Crippen LogP contribution is 2.26. The van der Waals surface area contributed by atoms with Gasteiger partial charge in [0.05, 0.1) is 0 Å². The lowest BCUT2D eigenvalue weighted by Crippen LogP contribution is -2.44. The Morgan fingerprint density at radius 1 is 1.33 bits per heavy atom. The summed E-state index contributed by atoms with van der Waals surface area (Å²) in [5.41, 5.74) is 3.99. The van der Waals surface area contributed by atoms with E-state index in [0.29, 0.717) is 16.0 Å². The van der Waals surface area contributed by atoms with Crippen LogP contribution in [0.15, 0.2) is 18.2 Å². The molecule has 1 aliphatic rings. The Balaban J connectivity index is 2.04. The highest BCUT2D eigenvalue weighted by molar-refractivity contribution is 6.35. The molecule has 1 saturated heterocycles. The van der Waals surface area contributed by atoms with Crippen molar-refractivity contribution in [3.8, 4) is 0 Å². The fourth-order valence-electron chi connectivity index (χ4n) is 2.40. The van der Waals surface area contributed by atoms with Gasteiger partial charge in [-0.1, -0.05) is 29.3 Å². The van der Waals surface area contributed by atoms with Crippen LogP contribution in [0.3, 0.4) is 0 Å². The predicted molar refractivity (Wildman–Crippen MR) is 74.8 cm³/mol. The van der Waals surface area contributed by atoms with E-state index in [2.05, 4.69) is 5.43 Å². The molecular formula is C13H18Cl2N2O. The Bertz CT molecular complexity index is 395. The summed E-state index contributed by atoms with van der Waals surface area (Å²) in [6, 6.07) is 5.83. The van der Waals surface area contributed by atoms with Crippen LogP contribution in [0.1, 0.15) is 18.4 Å². The SMILES string of the molecule is NNC(Cc1ccc(Cl)cc1Cl)C1CCOCC1. The summed E-state index contributed by atoms with van der Waals surface area (Å²) in [4.78, 5) is 0. The van der Waals surface area contributed by atoms with Crippen molar-refractivity contribution < 1.29 is 4.74 Å². The molecule has 1 atom stereocenters. The van der Waals surface area contributed by atoms with E-state index in [1.165, 1.54) is 0 Å². The van der Waals surface area contributed by atoms with E-state index in [9.17, 15) is 0 Å². The quantitative estimate of drug-likeness (QED) is 0.662. The third-order valence-corrected chi connectivity index (χ3v) is 4.09. The van der Waals surface area contributed by atoms with E-state index >= 15 is 0 Å². The molecular weight excluding hydrogens is 271 g/mol. The first-order valence-corrected chi connectivity index (χ1v) is 6.94. The van der Waals surface area contributed by atoms with E-state index in [1.54, 1.807) is 6.07 Å². The molecule has 0 saturated carbocycles. The third kappa shape index (κ3) is 3.59. The first-order valence-electron chi connectivity index (χ1n) is 6.18. The van der Waals surface area contributed by atoms with E-state index < -0.39 is 0 Å². The third-order valence-electron chi connectivity index (χ3n) is 3.50. The Hall–Kier alpha value is -0.320. The molecule has 1 fully saturated rings. The molecule has 18 heavy (non-hydrogen) atoms. The van der Waals surface area contributed by atoms with Gasteiger partial charge >= 0.3 is 0 Å². The van der Waals surface area contributed by atoms with E-state index in [4.69, 9.17) is 33.8 Å². The molecule has 0 aliphatic carbocycles. The van der Waals surface area contributed by atoms with Gasteiger partial charge in [-0.2, -0.15) is 0 Å². The number of hydrogen-bond donors (Lipinski definition) is 2.